The molecule has 21 nitrogen and oxygen atoms in total. The summed E-state index contributed by atoms with van der Waals surface area (Å²) in [5, 5.41) is 35.3. The van der Waals surface area contributed by atoms with Crippen molar-refractivity contribution in [3.05, 3.63) is 129 Å². The summed E-state index contributed by atoms with van der Waals surface area (Å²) in [6.45, 7) is 122. The number of nitrogens with zero attached hydrogens (tertiary/aromatic N) is 11. The Morgan fingerprint density at radius 2 is 0.500 bits per heavy atom. The normalized spacial score (nSPS) is 12.7. The van der Waals surface area contributed by atoms with Crippen LogP contribution in [0.2, 0.25) is 0 Å². The smallest absolute Gasteiger partial charge is 0.115 e. The Balaban J connectivity index is -0.0000000391. The van der Waals surface area contributed by atoms with Crippen molar-refractivity contribution in [1.82, 2.24) is 97.7 Å². The summed E-state index contributed by atoms with van der Waals surface area (Å²) in [4.78, 5) is 29.5. The summed E-state index contributed by atoms with van der Waals surface area (Å²) in [5.41, 5.74) is 0. The molecule has 7 saturated heterocycles. The number of dihydropyridines is 1. The van der Waals surface area contributed by atoms with E-state index in [0.29, 0.717) is 0 Å². The van der Waals surface area contributed by atoms with Gasteiger partial charge in [-0.05, 0) is 148 Å². The minimum absolute atomic E-state index is 0.889. The van der Waals surface area contributed by atoms with Gasteiger partial charge in [0.2, 0.25) is 0 Å². The molecule has 0 aliphatic carbocycles. The summed E-state index contributed by atoms with van der Waals surface area (Å²) in [7, 11) is 6.54. The monoisotopic (exact) mass is 1810 g/mol. The minimum atomic E-state index is 0.889. The van der Waals surface area contributed by atoms with E-state index in [1.54, 1.807) is 74.4 Å². The van der Waals surface area contributed by atoms with Crippen molar-refractivity contribution in [1.29, 1.82) is 0 Å². The number of nitrogens with one attached hydrogen (secondary N) is 9. The molecule has 4 aromatic heterocycles. The van der Waals surface area contributed by atoms with E-state index in [1.165, 1.54) is 123 Å². The molecule has 0 aromatic carbocycles. The summed E-state index contributed by atoms with van der Waals surface area (Å²) in [6, 6.07) is 11.1. The van der Waals surface area contributed by atoms with Crippen molar-refractivity contribution in [2.24, 2.45) is 4.99 Å². The maximum atomic E-state index is 5.01. The summed E-state index contributed by atoms with van der Waals surface area (Å²) < 4.78 is 5.01. The molecule has 4 aromatic rings. The number of piperidine rings is 2. The van der Waals surface area contributed by atoms with Gasteiger partial charge in [0.05, 0.1) is 26.1 Å². The molecule has 0 bridgehead atoms. The lowest BCUT2D eigenvalue weighted by Gasteiger charge is -2.28. The van der Waals surface area contributed by atoms with E-state index in [-0.39, 0.29) is 0 Å². The molecule has 7 fully saturated rings. The van der Waals surface area contributed by atoms with E-state index in [2.05, 4.69) is 136 Å². The minimum Gasteiger partial charge on any atom is -0.379 e. The largest absolute Gasteiger partial charge is 0.379 e. The number of piperazine rings is 2. The van der Waals surface area contributed by atoms with E-state index in [0.717, 1.165) is 91.8 Å². The lowest BCUT2D eigenvalue weighted by Crippen LogP contribution is -2.42. The number of pyridine rings is 1. The van der Waals surface area contributed by atoms with Crippen LogP contribution in [0, 0.1) is 0 Å². The van der Waals surface area contributed by atoms with Crippen molar-refractivity contribution in [3.8, 4) is 0 Å². The van der Waals surface area contributed by atoms with Crippen molar-refractivity contribution < 1.29 is 4.74 Å². The van der Waals surface area contributed by atoms with E-state index in [1.807, 2.05) is 375 Å². The molecule has 0 spiro atoms. The Kier molecular flexibility index (Phi) is 432. The lowest BCUT2D eigenvalue weighted by molar-refractivity contribution is 0.109. The molecule has 9 aliphatic heterocycles. The number of hydrogen-bond donors (Lipinski definition) is 9. The van der Waals surface area contributed by atoms with Gasteiger partial charge in [0.25, 0.3) is 0 Å². The first-order valence-electron chi connectivity index (χ1n) is 52.5. The van der Waals surface area contributed by atoms with Crippen LogP contribution >= 0.6 is 0 Å². The molecule has 0 unspecified atom stereocenters. The highest BCUT2D eigenvalue weighted by Gasteiger charge is 2.08. The van der Waals surface area contributed by atoms with Crippen LogP contribution in [-0.2, 0) is 4.74 Å². The number of aliphatic imine (C=N–C) groups is 1. The molecule has 21 heteroatoms. The van der Waals surface area contributed by atoms with Gasteiger partial charge in [-0.25, -0.2) is 9.97 Å². The Morgan fingerprint density at radius 1 is 0.238 bits per heavy atom. The second-order valence-electron chi connectivity index (χ2n) is 18.2. The zero-order valence-corrected chi connectivity index (χ0v) is 96.2. The number of likely N-dealkylation sites (tertiary alicyclic amines) is 1. The van der Waals surface area contributed by atoms with Crippen LogP contribution in [0.1, 0.15) is 390 Å². The van der Waals surface area contributed by atoms with Crippen molar-refractivity contribution in [2.75, 3.05) is 172 Å². The number of hydrogen-bond acceptors (Lipinski definition) is 21. The van der Waals surface area contributed by atoms with Gasteiger partial charge in [-0.15, -0.1) is 0 Å². The van der Waals surface area contributed by atoms with Gasteiger partial charge in [-0.3, -0.25) is 19.9 Å². The number of morpholine rings is 1. The zero-order chi connectivity index (χ0) is 104. The van der Waals surface area contributed by atoms with Gasteiger partial charge in [0, 0.05) is 154 Å². The number of allylic oxidation sites excluding steroid dienone is 2. The molecule has 126 heavy (non-hydrogen) atoms. The number of ether oxygens (including phenoxy) is 1. The van der Waals surface area contributed by atoms with Crippen LogP contribution < -0.4 is 47.9 Å². The van der Waals surface area contributed by atoms with Gasteiger partial charge in [-0.2, -0.15) is 10.2 Å². The molecular weight excluding hydrogens is 1560 g/mol. The van der Waals surface area contributed by atoms with E-state index in [9.17, 15) is 0 Å². The highest BCUT2D eigenvalue weighted by atomic mass is 16.5. The fourth-order valence-electron chi connectivity index (χ4n) is 6.75. The van der Waals surface area contributed by atoms with Crippen LogP contribution in [0.25, 0.3) is 0 Å². The molecule has 0 saturated carbocycles. The van der Waals surface area contributed by atoms with Crippen LogP contribution in [0.3, 0.4) is 0 Å². The summed E-state index contributed by atoms with van der Waals surface area (Å²) in [5.74, 6) is 0. The van der Waals surface area contributed by atoms with E-state index < -0.39 is 0 Å². The van der Waals surface area contributed by atoms with Gasteiger partial charge in [0.1, 0.15) is 6.33 Å². The molecule has 0 amide bonds. The Hall–Kier alpha value is -5.30. The number of aromatic nitrogens is 7. The average Bonchev–Trinajstić information content (AvgIpc) is 1.87. The first-order valence-corrected chi connectivity index (χ1v) is 52.5. The second kappa shape index (κ2) is 294. The maximum absolute atomic E-state index is 5.01. The zero-order valence-electron chi connectivity index (χ0n) is 96.2. The third-order valence-corrected chi connectivity index (χ3v) is 11.3. The molecule has 9 N–H and O–H groups in total. The predicted octanol–water partition coefficient (Wildman–Crippen LogP) is 27.8. The van der Waals surface area contributed by atoms with Crippen LogP contribution in [0.15, 0.2) is 134 Å². The Bertz CT molecular complexity index is 1390. The standard InChI is InChI=1S/C6H14N2.C6H13N.C5H11N.C5H7N.C5H5N.C4H10N2.3C4H4N2.C4H9NO.C4H9N.C3H8N2.C3H6N2.24C2H6/c1-7-3-5-8(2)6-4-7;1-7-5-3-2-4-6-7;3*1-2-4-6-5-3-1;2*1-2-6-4-3-5-1;1-2-5-4-6-3-1;1-2-4-6-5-3-1;1-3-6-4-2-5-1;1-2-4-5-3-1;2*1-2-5-3-4-1;24*1-2/h3-6H2,1-2H3;2-6H2,1H3;6H,1-5H2;2-6H,1H2;1-5H;5-6H,1-4H2;3*1-4H;5H,1-4H2;5H,1-4H2;4-5H,1-3H2;3H,1-2H2,(H,4,5);24*1-2H3. The summed E-state index contributed by atoms with van der Waals surface area (Å²) in [6.07, 6.45) is 40.3. The van der Waals surface area contributed by atoms with Gasteiger partial charge >= 0.3 is 0 Å². The first kappa shape index (κ1) is 185. The first-order chi connectivity index (χ1) is 62.7. The van der Waals surface area contributed by atoms with Gasteiger partial charge < -0.3 is 67.3 Å². The SMILES string of the molecule is C1=CNC=CC1.C1=NCCN1.C1CCNC1.C1CCNCC1.C1CNCCN1.C1CNCN1.C1COCCN1.CC.CC.CC.CC.CC.CC.CC.CC.CC.CC.CC.CC.CC.CC.CC.CC.CC.CC.CC.CC.CC.CC.CC.CC.CN1CCCCC1.CN1CCN(C)CC1.c1ccncc1.c1ccnnc1.c1cnccn1.c1cncnc1. The maximum Gasteiger partial charge on any atom is 0.115 e. The second-order valence-corrected chi connectivity index (χ2v) is 18.2. The van der Waals surface area contributed by atoms with Crippen molar-refractivity contribution in [3.63, 3.8) is 0 Å². The summed E-state index contributed by atoms with van der Waals surface area (Å²) >= 11 is 0. The highest BCUT2D eigenvalue weighted by Crippen LogP contribution is 2.05. The fourth-order valence-corrected chi connectivity index (χ4v) is 6.75. The fraction of sp³-hybridized carbons (Fsp3) is 0.790. The van der Waals surface area contributed by atoms with Crippen LogP contribution in [0.5, 0.6) is 0 Å². The highest BCUT2D eigenvalue weighted by molar-refractivity contribution is 5.56. The Morgan fingerprint density at radius 3 is 0.619 bits per heavy atom. The van der Waals surface area contributed by atoms with Crippen LogP contribution in [0.4, 0.5) is 0 Å². The van der Waals surface area contributed by atoms with E-state index >= 15 is 0 Å². The molecule has 13 heterocycles. The Labute approximate surface area is 800 Å². The molecule has 774 valence electrons. The lowest BCUT2D eigenvalue weighted by atomic mass is 10.1. The molecule has 9 aliphatic rings. The molecule has 0 radical (unpaired) electrons. The van der Waals surface area contributed by atoms with E-state index in [4.69, 9.17) is 4.74 Å². The van der Waals surface area contributed by atoms with Crippen molar-refractivity contribution >= 4 is 6.34 Å². The molecule has 0 atom stereocenters. The third kappa shape index (κ3) is 287. The third-order valence-electron chi connectivity index (χ3n) is 11.3. The van der Waals surface area contributed by atoms with Crippen molar-refractivity contribution in [2.45, 2.75) is 390 Å². The van der Waals surface area contributed by atoms with Crippen LogP contribution in [-0.4, -0.2) is 228 Å². The predicted molar refractivity (Wildman–Crippen MR) is 596 cm³/mol. The number of rotatable bonds is 0. The molecule has 13 rings (SSSR count). The van der Waals surface area contributed by atoms with Gasteiger partial charge in [0.15, 0.2) is 0 Å². The quantitative estimate of drug-likeness (QED) is 0.0797. The van der Waals surface area contributed by atoms with Gasteiger partial charge in [-0.1, -0.05) is 363 Å². The number of likely N-dealkylation sites (N-methyl/N-ethyl adjacent to an activating group) is 2. The average molecular weight is 1810 g/mol. The molecular formula is C105H248N20O. The topological polar surface area (TPSA) is 230 Å².